The maximum atomic E-state index is 13.0. The summed E-state index contributed by atoms with van der Waals surface area (Å²) in [6.07, 6.45) is 0. The lowest BCUT2D eigenvalue weighted by molar-refractivity contribution is 0.0696. The van der Waals surface area contributed by atoms with Gasteiger partial charge in [-0.2, -0.15) is 0 Å². The summed E-state index contributed by atoms with van der Waals surface area (Å²) in [5.41, 5.74) is -0.398. The van der Waals surface area contributed by atoms with E-state index >= 15 is 0 Å². The molecule has 0 amide bonds. The van der Waals surface area contributed by atoms with E-state index in [1.807, 2.05) is 0 Å². The van der Waals surface area contributed by atoms with Crippen molar-refractivity contribution in [3.8, 4) is 0 Å². The van der Waals surface area contributed by atoms with Crippen molar-refractivity contribution < 1.29 is 27.9 Å². The molecule has 0 fully saturated rings. The quantitative estimate of drug-likeness (QED) is 0.649. The number of sulfonamides is 1. The van der Waals surface area contributed by atoms with Crippen LogP contribution in [-0.2, 0) is 10.0 Å². The Kier molecular flexibility index (Phi) is 3.03. The smallest absolute Gasteiger partial charge is 0.335 e. The van der Waals surface area contributed by atoms with E-state index in [2.05, 4.69) is 0 Å². The number of hydrogen-bond donors (Lipinski definition) is 3. The van der Waals surface area contributed by atoms with Gasteiger partial charge in [-0.25, -0.2) is 17.6 Å². The molecule has 0 aromatic heterocycles. The Morgan fingerprint density at radius 3 is 2.47 bits per heavy atom. The Morgan fingerprint density at radius 2 is 2.00 bits per heavy atom. The molecule has 8 heteroatoms. The molecule has 0 aliphatic heterocycles. The first-order chi connectivity index (χ1) is 6.88. The summed E-state index contributed by atoms with van der Waals surface area (Å²) in [6.45, 7) is 0. The van der Waals surface area contributed by atoms with Gasteiger partial charge in [-0.05, 0) is 18.2 Å². The molecule has 0 radical (unpaired) electrons. The van der Waals surface area contributed by atoms with Crippen LogP contribution in [0.5, 0.6) is 0 Å². The zero-order valence-corrected chi connectivity index (χ0v) is 7.95. The number of benzene rings is 1. The first-order valence-electron chi connectivity index (χ1n) is 3.57. The molecule has 1 aromatic rings. The summed E-state index contributed by atoms with van der Waals surface area (Å²) in [7, 11) is -4.42. The second-order valence-electron chi connectivity index (χ2n) is 2.55. The monoisotopic (exact) mass is 235 g/mol. The molecule has 0 unspecified atom stereocenters. The Bertz CT molecular complexity index is 498. The van der Waals surface area contributed by atoms with Crippen LogP contribution < -0.4 is 4.89 Å². The van der Waals surface area contributed by atoms with Crippen LogP contribution >= 0.6 is 0 Å². The van der Waals surface area contributed by atoms with Crippen LogP contribution in [0, 0.1) is 5.82 Å². The SMILES string of the molecule is O=C(O)c1ccc(F)c(S(=O)(=O)NO)c1. The molecule has 0 saturated heterocycles. The predicted molar refractivity (Wildman–Crippen MR) is 45.5 cm³/mol. The molecular formula is C7H6FNO5S. The first-order valence-corrected chi connectivity index (χ1v) is 5.05. The third kappa shape index (κ3) is 2.29. The van der Waals surface area contributed by atoms with Crippen LogP contribution in [0.15, 0.2) is 23.1 Å². The van der Waals surface area contributed by atoms with Crippen LogP contribution in [0.3, 0.4) is 0 Å². The second-order valence-corrected chi connectivity index (χ2v) is 4.17. The van der Waals surface area contributed by atoms with Gasteiger partial charge >= 0.3 is 5.97 Å². The Labute approximate surface area is 84.0 Å². The molecule has 0 spiro atoms. The lowest BCUT2D eigenvalue weighted by atomic mass is 10.2. The summed E-state index contributed by atoms with van der Waals surface area (Å²) in [5, 5.41) is 16.8. The van der Waals surface area contributed by atoms with Crippen molar-refractivity contribution in [3.05, 3.63) is 29.6 Å². The zero-order valence-electron chi connectivity index (χ0n) is 7.14. The van der Waals surface area contributed by atoms with Gasteiger partial charge in [0.25, 0.3) is 10.0 Å². The van der Waals surface area contributed by atoms with E-state index in [1.165, 1.54) is 0 Å². The highest BCUT2D eigenvalue weighted by atomic mass is 32.2. The summed E-state index contributed by atoms with van der Waals surface area (Å²) >= 11 is 0. The van der Waals surface area contributed by atoms with Crippen molar-refractivity contribution in [1.82, 2.24) is 4.89 Å². The van der Waals surface area contributed by atoms with Crippen LogP contribution in [0.2, 0.25) is 0 Å². The van der Waals surface area contributed by atoms with Gasteiger partial charge in [-0.15, -0.1) is 0 Å². The van der Waals surface area contributed by atoms with Gasteiger partial charge in [0.05, 0.1) is 5.56 Å². The molecule has 1 aromatic carbocycles. The molecule has 0 aliphatic rings. The highest BCUT2D eigenvalue weighted by Crippen LogP contribution is 2.15. The van der Waals surface area contributed by atoms with Gasteiger partial charge in [0.1, 0.15) is 10.7 Å². The molecule has 0 heterocycles. The van der Waals surface area contributed by atoms with Gasteiger partial charge in [0, 0.05) is 0 Å². The van der Waals surface area contributed by atoms with E-state index in [1.54, 1.807) is 0 Å². The Morgan fingerprint density at radius 1 is 1.40 bits per heavy atom. The minimum Gasteiger partial charge on any atom is -0.478 e. The molecule has 0 saturated carbocycles. The van der Waals surface area contributed by atoms with Crippen molar-refractivity contribution in [2.75, 3.05) is 0 Å². The summed E-state index contributed by atoms with van der Waals surface area (Å²) < 4.78 is 35.0. The van der Waals surface area contributed by atoms with Gasteiger partial charge in [-0.3, -0.25) is 0 Å². The van der Waals surface area contributed by atoms with Crippen molar-refractivity contribution in [2.24, 2.45) is 0 Å². The molecule has 6 nitrogen and oxygen atoms in total. The summed E-state index contributed by atoms with van der Waals surface area (Å²) in [5.74, 6) is -2.55. The third-order valence-corrected chi connectivity index (χ3v) is 2.72. The zero-order chi connectivity index (χ0) is 11.6. The average Bonchev–Trinajstić information content (AvgIpc) is 2.17. The molecule has 82 valence electrons. The van der Waals surface area contributed by atoms with Gasteiger partial charge in [-0.1, -0.05) is 4.89 Å². The van der Waals surface area contributed by atoms with Gasteiger partial charge < -0.3 is 10.3 Å². The number of nitrogens with one attached hydrogen (secondary N) is 1. The first kappa shape index (κ1) is 11.6. The van der Waals surface area contributed by atoms with Gasteiger partial charge in [0.15, 0.2) is 0 Å². The van der Waals surface area contributed by atoms with Crippen LogP contribution in [0.1, 0.15) is 10.4 Å². The number of hydrogen-bond acceptors (Lipinski definition) is 4. The van der Waals surface area contributed by atoms with E-state index in [4.69, 9.17) is 10.3 Å². The molecular weight excluding hydrogens is 229 g/mol. The van der Waals surface area contributed by atoms with Crippen LogP contribution in [-0.4, -0.2) is 24.7 Å². The molecule has 3 N–H and O–H groups in total. The lowest BCUT2D eigenvalue weighted by Gasteiger charge is -2.03. The largest absolute Gasteiger partial charge is 0.478 e. The van der Waals surface area contributed by atoms with E-state index in [9.17, 15) is 17.6 Å². The third-order valence-electron chi connectivity index (χ3n) is 1.59. The predicted octanol–water partition coefficient (Wildman–Crippen LogP) is 0.191. The fourth-order valence-electron chi connectivity index (χ4n) is 0.892. The minimum absolute atomic E-state index is 0.398. The maximum Gasteiger partial charge on any atom is 0.335 e. The number of rotatable bonds is 3. The van der Waals surface area contributed by atoms with Crippen LogP contribution in [0.25, 0.3) is 0 Å². The normalized spacial score (nSPS) is 11.3. The van der Waals surface area contributed by atoms with Crippen molar-refractivity contribution in [2.45, 2.75) is 4.90 Å². The molecule has 0 aliphatic carbocycles. The highest BCUT2D eigenvalue weighted by molar-refractivity contribution is 7.89. The van der Waals surface area contributed by atoms with Gasteiger partial charge in [0.2, 0.25) is 0 Å². The minimum atomic E-state index is -4.42. The van der Waals surface area contributed by atoms with E-state index in [0.717, 1.165) is 11.0 Å². The fourth-order valence-corrected chi connectivity index (χ4v) is 1.60. The average molecular weight is 235 g/mol. The number of carbonyl (C=O) groups is 1. The van der Waals surface area contributed by atoms with E-state index in [0.29, 0.717) is 12.1 Å². The van der Waals surface area contributed by atoms with Crippen LogP contribution in [0.4, 0.5) is 4.39 Å². The van der Waals surface area contributed by atoms with E-state index < -0.39 is 32.3 Å². The number of carboxylic acid groups (broad SMARTS) is 1. The summed E-state index contributed by atoms with van der Waals surface area (Å²) in [4.78, 5) is 10.5. The standard InChI is InChI=1S/C7H6FNO5S/c8-5-2-1-4(7(10)11)3-6(5)15(13,14)9-12/h1-3,9,12H,(H,10,11). The molecule has 0 bridgehead atoms. The lowest BCUT2D eigenvalue weighted by Crippen LogP contribution is -2.21. The number of halogens is 1. The van der Waals surface area contributed by atoms with Crippen molar-refractivity contribution in [3.63, 3.8) is 0 Å². The topological polar surface area (TPSA) is 104 Å². The number of carboxylic acids is 1. The second kappa shape index (κ2) is 3.93. The maximum absolute atomic E-state index is 13.0. The molecule has 1 rings (SSSR count). The van der Waals surface area contributed by atoms with Crippen molar-refractivity contribution in [1.29, 1.82) is 0 Å². The van der Waals surface area contributed by atoms with Crippen molar-refractivity contribution >= 4 is 16.0 Å². The highest BCUT2D eigenvalue weighted by Gasteiger charge is 2.20. The Hall–Kier alpha value is -1.51. The fraction of sp³-hybridized carbons (Fsp3) is 0. The summed E-state index contributed by atoms with van der Waals surface area (Å²) in [6, 6.07) is 2.21. The molecule has 0 atom stereocenters. The van der Waals surface area contributed by atoms with E-state index in [-0.39, 0.29) is 0 Å². The Balaban J connectivity index is 3.42. The number of aromatic carboxylic acids is 1. The molecule has 15 heavy (non-hydrogen) atoms.